The van der Waals surface area contributed by atoms with Gasteiger partial charge in [-0.3, -0.25) is 19.0 Å². The Labute approximate surface area is 207 Å². The number of likely N-dealkylation sites (tertiary alicyclic amines) is 1. The predicted octanol–water partition coefficient (Wildman–Crippen LogP) is 1.87. The Kier molecular flexibility index (Phi) is 7.62. The second-order valence-electron chi connectivity index (χ2n) is 8.44. The quantitative estimate of drug-likeness (QED) is 0.463. The molecule has 0 spiro atoms. The molecule has 0 unspecified atom stereocenters. The predicted molar refractivity (Wildman–Crippen MR) is 131 cm³/mol. The molecule has 1 aliphatic rings. The molecule has 1 fully saturated rings. The molecule has 0 atom stereocenters. The number of hydrogen-bond donors (Lipinski definition) is 0. The maximum Gasteiger partial charge on any atom is 0.352 e. The molecular weight excluding hydrogens is 464 g/mol. The summed E-state index contributed by atoms with van der Waals surface area (Å²) in [4.78, 5) is 53.7. The van der Waals surface area contributed by atoms with Crippen LogP contribution in [0.1, 0.15) is 35.8 Å². The smallest absolute Gasteiger partial charge is 0.352 e. The molecule has 4 rings (SSSR count). The van der Waals surface area contributed by atoms with E-state index < -0.39 is 17.2 Å². The van der Waals surface area contributed by atoms with Gasteiger partial charge in [0.05, 0.1) is 31.9 Å². The first-order chi connectivity index (χ1) is 17.4. The molecule has 1 aromatic heterocycles. The summed E-state index contributed by atoms with van der Waals surface area (Å²) in [5.74, 6) is -0.553. The van der Waals surface area contributed by atoms with Crippen molar-refractivity contribution >= 4 is 11.9 Å². The molecule has 0 N–H and O–H groups in total. The first-order valence-electron chi connectivity index (χ1n) is 11.8. The van der Waals surface area contributed by atoms with Crippen LogP contribution >= 0.6 is 0 Å². The number of carbonyl (C=O) groups is 2. The Bertz CT molecular complexity index is 1340. The van der Waals surface area contributed by atoms with Gasteiger partial charge in [0, 0.05) is 13.1 Å². The first kappa shape index (κ1) is 24.9. The van der Waals surface area contributed by atoms with Gasteiger partial charge in [-0.2, -0.15) is 9.78 Å². The van der Waals surface area contributed by atoms with Gasteiger partial charge < -0.3 is 14.4 Å². The first-order valence-corrected chi connectivity index (χ1v) is 11.8. The normalized spacial score (nSPS) is 13.9. The molecule has 188 valence electrons. The maximum absolute atomic E-state index is 13.4. The standard InChI is InChI=1S/C26H28N4O6/c1-3-36-25(33)19-13-15-28(16-14-19)23(31)22-24(32)29(17-18-7-5-4-6-8-18)26(34)30(27-22)20-9-11-21(35-2)12-10-20/h4-12,19H,3,13-17H2,1-2H3. The molecule has 0 aliphatic carbocycles. The van der Waals surface area contributed by atoms with Crippen molar-refractivity contribution in [2.75, 3.05) is 26.8 Å². The zero-order valence-electron chi connectivity index (χ0n) is 20.3. The molecule has 1 amide bonds. The molecule has 10 heteroatoms. The summed E-state index contributed by atoms with van der Waals surface area (Å²) in [5.41, 5.74) is -0.649. The van der Waals surface area contributed by atoms with Crippen molar-refractivity contribution in [3.05, 3.63) is 86.7 Å². The third-order valence-electron chi connectivity index (χ3n) is 6.17. The Morgan fingerprint density at radius 2 is 1.67 bits per heavy atom. The van der Waals surface area contributed by atoms with E-state index in [9.17, 15) is 19.2 Å². The van der Waals surface area contributed by atoms with Gasteiger partial charge in [-0.05, 0) is 49.6 Å². The minimum absolute atomic E-state index is 0.0115. The highest BCUT2D eigenvalue weighted by molar-refractivity contribution is 5.92. The molecule has 3 aromatic rings. The van der Waals surface area contributed by atoms with Crippen molar-refractivity contribution in [2.45, 2.75) is 26.3 Å². The van der Waals surface area contributed by atoms with E-state index >= 15 is 0 Å². The van der Waals surface area contributed by atoms with Gasteiger partial charge in [0.1, 0.15) is 5.75 Å². The van der Waals surface area contributed by atoms with Gasteiger partial charge in [0.25, 0.3) is 11.5 Å². The van der Waals surface area contributed by atoms with Crippen LogP contribution in [0.5, 0.6) is 5.75 Å². The fourth-order valence-corrected chi connectivity index (χ4v) is 4.17. The fraction of sp³-hybridized carbons (Fsp3) is 0.346. The SMILES string of the molecule is CCOC(=O)C1CCN(C(=O)c2nn(-c3ccc(OC)cc3)c(=O)n(Cc3ccccc3)c2=O)CC1. The molecule has 36 heavy (non-hydrogen) atoms. The molecule has 2 heterocycles. The van der Waals surface area contributed by atoms with Crippen LogP contribution in [0.2, 0.25) is 0 Å². The highest BCUT2D eigenvalue weighted by Gasteiger charge is 2.31. The number of nitrogens with zero attached hydrogens (tertiary/aromatic N) is 4. The number of piperidine rings is 1. The van der Waals surface area contributed by atoms with Gasteiger partial charge >= 0.3 is 11.7 Å². The van der Waals surface area contributed by atoms with Crippen LogP contribution in [0.3, 0.4) is 0 Å². The molecule has 0 radical (unpaired) electrons. The minimum atomic E-state index is -0.758. The van der Waals surface area contributed by atoms with Crippen molar-refractivity contribution in [2.24, 2.45) is 5.92 Å². The lowest BCUT2D eigenvalue weighted by Crippen LogP contribution is -2.48. The summed E-state index contributed by atoms with van der Waals surface area (Å²) in [6.45, 7) is 2.60. The van der Waals surface area contributed by atoms with Gasteiger partial charge in [0.15, 0.2) is 0 Å². The largest absolute Gasteiger partial charge is 0.497 e. The van der Waals surface area contributed by atoms with Gasteiger partial charge in [0.2, 0.25) is 5.69 Å². The van der Waals surface area contributed by atoms with E-state index in [1.807, 2.05) is 18.2 Å². The molecule has 10 nitrogen and oxygen atoms in total. The lowest BCUT2D eigenvalue weighted by atomic mass is 9.97. The monoisotopic (exact) mass is 492 g/mol. The number of benzene rings is 2. The lowest BCUT2D eigenvalue weighted by Gasteiger charge is -2.30. The summed E-state index contributed by atoms with van der Waals surface area (Å²) < 4.78 is 12.4. The van der Waals surface area contributed by atoms with Crippen LogP contribution in [0, 0.1) is 5.92 Å². The Morgan fingerprint density at radius 3 is 2.28 bits per heavy atom. The Hall–Kier alpha value is -4.21. The number of rotatable bonds is 7. The topological polar surface area (TPSA) is 113 Å². The van der Waals surface area contributed by atoms with E-state index in [0.29, 0.717) is 30.9 Å². The second kappa shape index (κ2) is 11.0. The fourth-order valence-electron chi connectivity index (χ4n) is 4.17. The van der Waals surface area contributed by atoms with E-state index in [0.717, 1.165) is 14.8 Å². The number of methoxy groups -OCH3 is 1. The number of hydrogen-bond acceptors (Lipinski definition) is 7. The number of carbonyl (C=O) groups excluding carboxylic acids is 2. The Morgan fingerprint density at radius 1 is 1.00 bits per heavy atom. The van der Waals surface area contributed by atoms with Gasteiger partial charge in [-0.25, -0.2) is 4.79 Å². The van der Waals surface area contributed by atoms with Crippen molar-refractivity contribution in [1.29, 1.82) is 0 Å². The molecule has 0 saturated carbocycles. The number of amides is 1. The van der Waals surface area contributed by atoms with Gasteiger partial charge in [-0.1, -0.05) is 30.3 Å². The molecular formula is C26H28N4O6. The highest BCUT2D eigenvalue weighted by Crippen LogP contribution is 2.20. The van der Waals surface area contributed by atoms with Crippen molar-refractivity contribution in [3.63, 3.8) is 0 Å². The number of aromatic nitrogens is 3. The maximum atomic E-state index is 13.4. The molecule has 0 bridgehead atoms. The van der Waals surface area contributed by atoms with Crippen molar-refractivity contribution in [3.8, 4) is 11.4 Å². The highest BCUT2D eigenvalue weighted by atomic mass is 16.5. The van der Waals surface area contributed by atoms with Crippen LogP contribution < -0.4 is 16.0 Å². The van der Waals surface area contributed by atoms with E-state index in [-0.39, 0.29) is 37.2 Å². The van der Waals surface area contributed by atoms with E-state index in [1.54, 1.807) is 43.3 Å². The van der Waals surface area contributed by atoms with E-state index in [2.05, 4.69) is 5.10 Å². The number of esters is 1. The zero-order valence-corrected chi connectivity index (χ0v) is 20.3. The van der Waals surface area contributed by atoms with Crippen LogP contribution in [0.25, 0.3) is 5.69 Å². The second-order valence-corrected chi connectivity index (χ2v) is 8.44. The molecule has 1 saturated heterocycles. The van der Waals surface area contributed by atoms with Crippen molar-refractivity contribution < 1.29 is 19.1 Å². The third-order valence-corrected chi connectivity index (χ3v) is 6.17. The Balaban J connectivity index is 1.71. The summed E-state index contributed by atoms with van der Waals surface area (Å²) in [6, 6.07) is 15.6. The summed E-state index contributed by atoms with van der Waals surface area (Å²) >= 11 is 0. The van der Waals surface area contributed by atoms with E-state index in [1.165, 1.54) is 12.0 Å². The zero-order chi connectivity index (χ0) is 25.7. The molecule has 1 aliphatic heterocycles. The third kappa shape index (κ3) is 5.22. The van der Waals surface area contributed by atoms with Crippen LogP contribution in [-0.4, -0.2) is 57.9 Å². The minimum Gasteiger partial charge on any atom is -0.497 e. The lowest BCUT2D eigenvalue weighted by molar-refractivity contribution is -0.149. The van der Waals surface area contributed by atoms with Crippen molar-refractivity contribution in [1.82, 2.24) is 19.2 Å². The van der Waals surface area contributed by atoms with Crippen LogP contribution in [0.15, 0.2) is 64.2 Å². The average molecular weight is 493 g/mol. The van der Waals surface area contributed by atoms with Gasteiger partial charge in [-0.15, -0.1) is 0 Å². The van der Waals surface area contributed by atoms with Crippen LogP contribution in [-0.2, 0) is 16.1 Å². The van der Waals surface area contributed by atoms with E-state index in [4.69, 9.17) is 9.47 Å². The summed E-state index contributed by atoms with van der Waals surface area (Å²) in [7, 11) is 1.53. The summed E-state index contributed by atoms with van der Waals surface area (Å²) in [5, 5.41) is 4.21. The average Bonchev–Trinajstić information content (AvgIpc) is 2.92. The number of ether oxygens (including phenoxy) is 2. The van der Waals surface area contributed by atoms with Crippen LogP contribution in [0.4, 0.5) is 0 Å². The summed E-state index contributed by atoms with van der Waals surface area (Å²) in [6.07, 6.45) is 0.863. The molecule has 2 aromatic carbocycles.